The first-order chi connectivity index (χ1) is 10.7. The van der Waals surface area contributed by atoms with Crippen molar-refractivity contribution >= 4 is 11.6 Å². The average Bonchev–Trinajstić information content (AvgIpc) is 2.97. The Kier molecular flexibility index (Phi) is 4.95. The van der Waals surface area contributed by atoms with Crippen molar-refractivity contribution in [2.75, 3.05) is 26.2 Å². The summed E-state index contributed by atoms with van der Waals surface area (Å²) in [5.74, 6) is 2.76. The lowest BCUT2D eigenvalue weighted by atomic mass is 9.97. The van der Waals surface area contributed by atoms with Gasteiger partial charge in [0.05, 0.1) is 0 Å². The predicted molar refractivity (Wildman–Crippen MR) is 84.4 cm³/mol. The fraction of sp³-hybridized carbons (Fsp3) is 0.500. The second kappa shape index (κ2) is 7.11. The monoisotopic (exact) mass is 321 g/mol. The summed E-state index contributed by atoms with van der Waals surface area (Å²) in [7, 11) is 0. The van der Waals surface area contributed by atoms with Gasteiger partial charge in [0.25, 0.3) is 0 Å². The zero-order valence-electron chi connectivity index (χ0n) is 12.7. The van der Waals surface area contributed by atoms with Crippen molar-refractivity contribution in [1.29, 1.82) is 0 Å². The van der Waals surface area contributed by atoms with Gasteiger partial charge in [-0.1, -0.05) is 16.8 Å². The first kappa shape index (κ1) is 15.3. The standard InChI is InChI=1S/C16H20ClN3O2/c1-12-18-16(22-19-12)13-6-8-20(9-7-13)10-11-21-15-4-2-14(17)3-5-15/h2-5,13H,6-11H2,1H3. The molecule has 118 valence electrons. The topological polar surface area (TPSA) is 51.4 Å². The molecule has 3 rings (SSSR count). The number of ether oxygens (including phenoxy) is 1. The van der Waals surface area contributed by atoms with Gasteiger partial charge in [-0.3, -0.25) is 4.90 Å². The second-order valence-electron chi connectivity index (χ2n) is 5.60. The van der Waals surface area contributed by atoms with Crippen LogP contribution < -0.4 is 4.74 Å². The van der Waals surface area contributed by atoms with E-state index >= 15 is 0 Å². The van der Waals surface area contributed by atoms with E-state index < -0.39 is 0 Å². The van der Waals surface area contributed by atoms with Gasteiger partial charge in [-0.15, -0.1) is 0 Å². The van der Waals surface area contributed by atoms with Gasteiger partial charge in [-0.05, 0) is 57.1 Å². The Morgan fingerprint density at radius 1 is 1.27 bits per heavy atom. The molecule has 0 unspecified atom stereocenters. The van der Waals surface area contributed by atoms with E-state index in [1.807, 2.05) is 31.2 Å². The van der Waals surface area contributed by atoms with Gasteiger partial charge in [0, 0.05) is 17.5 Å². The van der Waals surface area contributed by atoms with Crippen molar-refractivity contribution < 1.29 is 9.26 Å². The summed E-state index contributed by atoms with van der Waals surface area (Å²) in [6, 6.07) is 7.47. The molecule has 0 saturated carbocycles. The predicted octanol–water partition coefficient (Wildman–Crippen LogP) is 3.29. The third-order valence-electron chi connectivity index (χ3n) is 3.97. The summed E-state index contributed by atoms with van der Waals surface area (Å²) in [4.78, 5) is 6.75. The summed E-state index contributed by atoms with van der Waals surface area (Å²) < 4.78 is 11.0. The maximum absolute atomic E-state index is 5.85. The molecule has 1 aliphatic heterocycles. The molecule has 2 aromatic rings. The Morgan fingerprint density at radius 2 is 2.00 bits per heavy atom. The van der Waals surface area contributed by atoms with E-state index in [-0.39, 0.29) is 0 Å². The summed E-state index contributed by atoms with van der Waals surface area (Å²) in [6.45, 7) is 5.55. The third-order valence-corrected chi connectivity index (χ3v) is 4.22. The van der Waals surface area contributed by atoms with Gasteiger partial charge in [0.2, 0.25) is 5.89 Å². The van der Waals surface area contributed by atoms with Crippen LogP contribution in [0.1, 0.15) is 30.5 Å². The fourth-order valence-corrected chi connectivity index (χ4v) is 2.83. The Bertz CT molecular complexity index is 592. The smallest absolute Gasteiger partial charge is 0.229 e. The Morgan fingerprint density at radius 3 is 2.64 bits per heavy atom. The number of piperidine rings is 1. The molecule has 0 aliphatic carbocycles. The molecule has 0 atom stereocenters. The van der Waals surface area contributed by atoms with Crippen LogP contribution in [-0.2, 0) is 0 Å². The van der Waals surface area contributed by atoms with E-state index in [9.17, 15) is 0 Å². The number of nitrogens with zero attached hydrogens (tertiary/aromatic N) is 3. The third kappa shape index (κ3) is 3.99. The normalized spacial score (nSPS) is 16.8. The molecule has 0 bridgehead atoms. The molecule has 1 fully saturated rings. The number of hydrogen-bond donors (Lipinski definition) is 0. The van der Waals surface area contributed by atoms with Crippen LogP contribution >= 0.6 is 11.6 Å². The van der Waals surface area contributed by atoms with E-state index in [1.54, 1.807) is 0 Å². The van der Waals surface area contributed by atoms with Crippen molar-refractivity contribution in [3.05, 3.63) is 41.0 Å². The van der Waals surface area contributed by atoms with Crippen molar-refractivity contribution in [3.63, 3.8) is 0 Å². The number of aryl methyl sites for hydroxylation is 1. The molecule has 0 radical (unpaired) electrons. The highest BCUT2D eigenvalue weighted by Crippen LogP contribution is 2.26. The van der Waals surface area contributed by atoms with Gasteiger partial charge < -0.3 is 9.26 Å². The second-order valence-corrected chi connectivity index (χ2v) is 6.03. The summed E-state index contributed by atoms with van der Waals surface area (Å²) in [5.41, 5.74) is 0. The highest BCUT2D eigenvalue weighted by molar-refractivity contribution is 6.30. The molecule has 1 aromatic carbocycles. The molecule has 1 aliphatic rings. The van der Waals surface area contributed by atoms with E-state index in [2.05, 4.69) is 15.0 Å². The van der Waals surface area contributed by atoms with Crippen molar-refractivity contribution in [2.45, 2.75) is 25.7 Å². The van der Waals surface area contributed by atoms with Gasteiger partial charge >= 0.3 is 0 Å². The van der Waals surface area contributed by atoms with E-state index in [0.29, 0.717) is 18.3 Å². The maximum Gasteiger partial charge on any atom is 0.229 e. The minimum absolute atomic E-state index is 0.398. The highest BCUT2D eigenvalue weighted by Gasteiger charge is 2.24. The zero-order valence-corrected chi connectivity index (χ0v) is 13.4. The molecule has 0 N–H and O–H groups in total. The molecule has 0 amide bonds. The molecule has 5 nitrogen and oxygen atoms in total. The summed E-state index contributed by atoms with van der Waals surface area (Å²) in [6.07, 6.45) is 2.12. The van der Waals surface area contributed by atoms with Crippen molar-refractivity contribution in [2.24, 2.45) is 0 Å². The van der Waals surface area contributed by atoms with Crippen molar-refractivity contribution in [1.82, 2.24) is 15.0 Å². The van der Waals surface area contributed by atoms with Crippen LogP contribution in [-0.4, -0.2) is 41.3 Å². The SMILES string of the molecule is Cc1noc(C2CCN(CCOc3ccc(Cl)cc3)CC2)n1. The van der Waals surface area contributed by atoms with Gasteiger partial charge in [-0.2, -0.15) is 4.98 Å². The molecule has 1 aromatic heterocycles. The van der Waals surface area contributed by atoms with Crippen molar-refractivity contribution in [3.8, 4) is 5.75 Å². The molecule has 0 spiro atoms. The molecular weight excluding hydrogens is 302 g/mol. The Hall–Kier alpha value is -1.59. The van der Waals surface area contributed by atoms with Gasteiger partial charge in [0.15, 0.2) is 5.82 Å². The fourth-order valence-electron chi connectivity index (χ4n) is 2.71. The van der Waals surface area contributed by atoms with E-state index in [4.69, 9.17) is 20.9 Å². The number of hydrogen-bond acceptors (Lipinski definition) is 5. The average molecular weight is 322 g/mol. The van der Waals surface area contributed by atoms with Crippen LogP contribution in [0.25, 0.3) is 0 Å². The van der Waals surface area contributed by atoms with Crippen LogP contribution in [0.5, 0.6) is 5.75 Å². The van der Waals surface area contributed by atoms with Crippen LogP contribution in [0.4, 0.5) is 0 Å². The Balaban J connectivity index is 1.39. The van der Waals surface area contributed by atoms with Crippen LogP contribution in [0.15, 0.2) is 28.8 Å². The van der Waals surface area contributed by atoms with Crippen LogP contribution in [0.2, 0.25) is 5.02 Å². The van der Waals surface area contributed by atoms with Crippen LogP contribution in [0, 0.1) is 6.92 Å². The quantitative estimate of drug-likeness (QED) is 0.845. The maximum atomic E-state index is 5.85. The molecule has 2 heterocycles. The van der Waals surface area contributed by atoms with Gasteiger partial charge in [-0.25, -0.2) is 0 Å². The Labute approximate surface area is 135 Å². The lowest BCUT2D eigenvalue weighted by Gasteiger charge is -2.30. The lowest BCUT2D eigenvalue weighted by Crippen LogP contribution is -2.35. The minimum Gasteiger partial charge on any atom is -0.492 e. The number of benzene rings is 1. The van der Waals surface area contributed by atoms with E-state index in [0.717, 1.165) is 49.1 Å². The zero-order chi connectivity index (χ0) is 15.4. The number of halogens is 1. The molecule has 22 heavy (non-hydrogen) atoms. The van der Waals surface area contributed by atoms with Gasteiger partial charge in [0.1, 0.15) is 12.4 Å². The summed E-state index contributed by atoms with van der Waals surface area (Å²) >= 11 is 5.85. The number of likely N-dealkylation sites (tertiary alicyclic amines) is 1. The molecular formula is C16H20ClN3O2. The molecule has 6 heteroatoms. The lowest BCUT2D eigenvalue weighted by molar-refractivity contribution is 0.163. The van der Waals surface area contributed by atoms with E-state index in [1.165, 1.54) is 0 Å². The first-order valence-corrected chi connectivity index (χ1v) is 7.99. The largest absolute Gasteiger partial charge is 0.492 e. The number of aromatic nitrogens is 2. The highest BCUT2D eigenvalue weighted by atomic mass is 35.5. The summed E-state index contributed by atoms with van der Waals surface area (Å²) in [5, 5.41) is 4.60. The minimum atomic E-state index is 0.398. The van der Waals surface area contributed by atoms with Crippen LogP contribution in [0.3, 0.4) is 0 Å². The molecule has 1 saturated heterocycles. The number of rotatable bonds is 5. The first-order valence-electron chi connectivity index (χ1n) is 7.61.